The van der Waals surface area contributed by atoms with Crippen molar-refractivity contribution in [2.24, 2.45) is 16.7 Å². The fraction of sp³-hybridized carbons (Fsp3) is 0.474. The Morgan fingerprint density at radius 1 is 1.11 bits per heavy atom. The lowest BCUT2D eigenvalue weighted by Crippen LogP contribution is -2.71. The molecule has 4 rings (SSSR count). The molecule has 0 aliphatic carbocycles. The summed E-state index contributed by atoms with van der Waals surface area (Å²) in [6, 6.07) is 11.0. The van der Waals surface area contributed by atoms with Crippen molar-refractivity contribution in [3.63, 3.8) is 0 Å². The highest BCUT2D eigenvalue weighted by atomic mass is 16.7. The van der Waals surface area contributed by atoms with Gasteiger partial charge in [0.25, 0.3) is 0 Å². The van der Waals surface area contributed by atoms with E-state index in [2.05, 4.69) is 0 Å². The van der Waals surface area contributed by atoms with Crippen LogP contribution in [0.15, 0.2) is 18.2 Å². The molecule has 8 nitrogen and oxygen atoms in total. The maximum absolute atomic E-state index is 10.1. The van der Waals surface area contributed by atoms with E-state index in [-0.39, 0.29) is 0 Å². The van der Waals surface area contributed by atoms with Crippen LogP contribution < -0.4 is 9.47 Å². The second kappa shape index (κ2) is 5.87. The van der Waals surface area contributed by atoms with Gasteiger partial charge >= 0.3 is 0 Å². The second-order valence-electron chi connectivity index (χ2n) is 6.73. The van der Waals surface area contributed by atoms with Crippen molar-refractivity contribution in [2.45, 2.75) is 25.7 Å². The molecule has 138 valence electrons. The van der Waals surface area contributed by atoms with Gasteiger partial charge in [0, 0.05) is 12.5 Å². The first kappa shape index (κ1) is 18.5. The average Bonchev–Trinajstić information content (AvgIpc) is 2.68. The van der Waals surface area contributed by atoms with Crippen LogP contribution in [0.4, 0.5) is 0 Å². The van der Waals surface area contributed by atoms with Gasteiger partial charge < -0.3 is 18.9 Å². The molecule has 1 aromatic carbocycles. The van der Waals surface area contributed by atoms with Crippen LogP contribution >= 0.6 is 0 Å². The Labute approximate surface area is 156 Å². The summed E-state index contributed by atoms with van der Waals surface area (Å²) in [6.07, 6.45) is -1.13. The van der Waals surface area contributed by atoms with Crippen molar-refractivity contribution in [2.75, 3.05) is 14.2 Å². The zero-order valence-corrected chi connectivity index (χ0v) is 15.4. The maximum Gasteiger partial charge on any atom is 0.215 e. The zero-order chi connectivity index (χ0) is 20.0. The molecule has 2 bridgehead atoms. The number of methoxy groups -OCH3 is 2. The van der Waals surface area contributed by atoms with Crippen LogP contribution in [0, 0.1) is 56.2 Å². The molecule has 1 aromatic rings. The van der Waals surface area contributed by atoms with E-state index in [4.69, 9.17) is 24.4 Å². The summed E-state index contributed by atoms with van der Waals surface area (Å²) >= 11 is 0. The highest BCUT2D eigenvalue weighted by Gasteiger charge is 2.78. The third-order valence-corrected chi connectivity index (χ3v) is 5.71. The fourth-order valence-corrected chi connectivity index (χ4v) is 3.99. The van der Waals surface area contributed by atoms with E-state index in [9.17, 15) is 15.8 Å². The Hall–Kier alpha value is -3.28. The van der Waals surface area contributed by atoms with E-state index >= 15 is 0 Å². The van der Waals surface area contributed by atoms with Gasteiger partial charge in [-0.15, -0.1) is 0 Å². The van der Waals surface area contributed by atoms with Crippen LogP contribution in [0.1, 0.15) is 25.5 Å². The van der Waals surface area contributed by atoms with Gasteiger partial charge in [-0.1, -0.05) is 6.92 Å². The molecule has 4 atom stereocenters. The molecule has 3 fully saturated rings. The predicted octanol–water partition coefficient (Wildman–Crippen LogP) is 2.68. The molecular formula is C19H18N4O4. The van der Waals surface area contributed by atoms with Crippen molar-refractivity contribution in [3.05, 3.63) is 23.8 Å². The molecule has 8 heteroatoms. The van der Waals surface area contributed by atoms with Crippen LogP contribution in [0.5, 0.6) is 11.5 Å². The van der Waals surface area contributed by atoms with Crippen LogP contribution in [0.25, 0.3) is 0 Å². The molecule has 0 amide bonds. The van der Waals surface area contributed by atoms with Crippen molar-refractivity contribution in [1.29, 1.82) is 21.2 Å². The number of nitriles is 3. The SMILES string of the molecule is COc1ccc(OC)c([C@H]2O[C@]3(C)OC(=N)[C@@]2(C#N)C(C#N)(C#N)[C@H]3C)c1. The van der Waals surface area contributed by atoms with E-state index in [0.29, 0.717) is 17.1 Å². The number of benzene rings is 1. The monoisotopic (exact) mass is 366 g/mol. The smallest absolute Gasteiger partial charge is 0.215 e. The number of ether oxygens (including phenoxy) is 4. The minimum atomic E-state index is -1.96. The molecule has 3 heterocycles. The van der Waals surface area contributed by atoms with Crippen LogP contribution in [-0.4, -0.2) is 25.9 Å². The number of nitrogens with one attached hydrogen (secondary N) is 1. The van der Waals surface area contributed by atoms with E-state index in [0.717, 1.165) is 0 Å². The van der Waals surface area contributed by atoms with Crippen molar-refractivity contribution in [3.8, 4) is 29.7 Å². The molecule has 0 unspecified atom stereocenters. The fourth-order valence-electron chi connectivity index (χ4n) is 3.99. The van der Waals surface area contributed by atoms with Crippen LogP contribution in [0.3, 0.4) is 0 Å². The Morgan fingerprint density at radius 2 is 1.78 bits per heavy atom. The molecule has 0 radical (unpaired) electrons. The summed E-state index contributed by atoms with van der Waals surface area (Å²) in [7, 11) is 2.95. The Kier molecular flexibility index (Phi) is 4.03. The summed E-state index contributed by atoms with van der Waals surface area (Å²) in [5.41, 5.74) is -3.41. The number of rotatable bonds is 3. The number of hydrogen-bond acceptors (Lipinski definition) is 8. The second-order valence-corrected chi connectivity index (χ2v) is 6.73. The Balaban J connectivity index is 2.37. The van der Waals surface area contributed by atoms with E-state index in [1.807, 2.05) is 18.2 Å². The van der Waals surface area contributed by atoms with E-state index < -0.39 is 34.5 Å². The molecule has 0 aromatic heterocycles. The van der Waals surface area contributed by atoms with Crippen molar-refractivity contribution < 1.29 is 18.9 Å². The van der Waals surface area contributed by atoms with Gasteiger partial charge in [0.15, 0.2) is 10.8 Å². The standard InChI is InChI=1S/C19H18N4O4/c1-11-17(2)26-15(13-7-12(24-3)5-6-14(13)25-4)19(10-22,16(23)27-17)18(11,8-20)9-21/h5-7,11,15,23H,1-4H3/t11-,15+,17+,19-/m0/s1. The van der Waals surface area contributed by atoms with E-state index in [1.165, 1.54) is 14.2 Å². The van der Waals surface area contributed by atoms with Gasteiger partial charge in [0.1, 0.15) is 17.6 Å². The lowest BCUT2D eigenvalue weighted by molar-refractivity contribution is -0.338. The third-order valence-electron chi connectivity index (χ3n) is 5.71. The zero-order valence-electron chi connectivity index (χ0n) is 15.4. The molecular weight excluding hydrogens is 348 g/mol. The first-order chi connectivity index (χ1) is 12.8. The summed E-state index contributed by atoms with van der Waals surface area (Å²) in [6.45, 7) is 3.18. The van der Waals surface area contributed by atoms with Gasteiger partial charge in [-0.05, 0) is 18.2 Å². The highest BCUT2D eigenvalue weighted by Crippen LogP contribution is 2.66. The quantitative estimate of drug-likeness (QED) is 0.869. The topological polar surface area (TPSA) is 132 Å². The van der Waals surface area contributed by atoms with Crippen LogP contribution in [-0.2, 0) is 9.47 Å². The van der Waals surface area contributed by atoms with Gasteiger partial charge in [-0.3, -0.25) is 5.41 Å². The van der Waals surface area contributed by atoms with Gasteiger partial charge in [-0.2, -0.15) is 15.8 Å². The van der Waals surface area contributed by atoms with E-state index in [1.54, 1.807) is 32.0 Å². The van der Waals surface area contributed by atoms with Gasteiger partial charge in [-0.25, -0.2) is 0 Å². The van der Waals surface area contributed by atoms with Crippen molar-refractivity contribution >= 4 is 5.90 Å². The summed E-state index contributed by atoms with van der Waals surface area (Å²) in [5.74, 6) is -1.80. The van der Waals surface area contributed by atoms with Crippen LogP contribution in [0.2, 0.25) is 0 Å². The van der Waals surface area contributed by atoms with Gasteiger partial charge in [0.05, 0.1) is 38.3 Å². The Morgan fingerprint density at radius 3 is 2.30 bits per heavy atom. The lowest BCUT2D eigenvalue weighted by atomic mass is 9.51. The predicted molar refractivity (Wildman–Crippen MR) is 91.5 cm³/mol. The minimum absolute atomic E-state index is 0.386. The average molecular weight is 366 g/mol. The summed E-state index contributed by atoms with van der Waals surface area (Å²) in [4.78, 5) is 0. The first-order valence-corrected chi connectivity index (χ1v) is 8.21. The molecule has 3 saturated heterocycles. The molecule has 0 spiro atoms. The lowest BCUT2D eigenvalue weighted by Gasteiger charge is -2.60. The minimum Gasteiger partial charge on any atom is -0.497 e. The number of fused-ring (bicyclic) bond motifs is 3. The Bertz CT molecular complexity index is 926. The first-order valence-electron chi connectivity index (χ1n) is 8.21. The van der Waals surface area contributed by atoms with Gasteiger partial charge in [0.2, 0.25) is 11.7 Å². The summed E-state index contributed by atoms with van der Waals surface area (Å²) < 4.78 is 22.4. The number of hydrogen-bond donors (Lipinski definition) is 1. The highest BCUT2D eigenvalue weighted by molar-refractivity contribution is 5.89. The summed E-state index contributed by atoms with van der Waals surface area (Å²) in [5, 5.41) is 38.5. The molecule has 27 heavy (non-hydrogen) atoms. The molecule has 0 saturated carbocycles. The number of nitrogens with zero attached hydrogens (tertiary/aromatic N) is 3. The third kappa shape index (κ3) is 2.01. The molecule has 3 aliphatic rings. The molecule has 3 aliphatic heterocycles. The normalized spacial score (nSPS) is 33.1. The maximum atomic E-state index is 10.1. The molecule has 1 N–H and O–H groups in total. The van der Waals surface area contributed by atoms with Crippen molar-refractivity contribution in [1.82, 2.24) is 0 Å². The largest absolute Gasteiger partial charge is 0.497 e.